The molecule has 76 valence electrons. The van der Waals surface area contributed by atoms with Crippen LogP contribution in [0.1, 0.15) is 53.4 Å². The molecule has 0 spiro atoms. The Balaban J connectivity index is 3.88. The summed E-state index contributed by atoms with van der Waals surface area (Å²) in [6, 6.07) is 0. The van der Waals surface area contributed by atoms with Crippen molar-refractivity contribution in [3.05, 3.63) is 0 Å². The fourth-order valence-electron chi connectivity index (χ4n) is 1.03. The van der Waals surface area contributed by atoms with Crippen LogP contribution >= 0.6 is 0 Å². The average Bonchev–Trinajstić information content (AvgIpc) is 2.01. The van der Waals surface area contributed by atoms with E-state index in [0.29, 0.717) is 19.3 Å². The number of hydrogen-bond acceptors (Lipinski definition) is 2. The molecule has 0 bridgehead atoms. The van der Waals surface area contributed by atoms with Gasteiger partial charge in [-0.05, 0) is 19.8 Å². The molecule has 0 radical (unpaired) electrons. The molecular weight excluding hydrogens is 164 g/mol. The maximum atomic E-state index is 11.2. The van der Waals surface area contributed by atoms with Gasteiger partial charge in [-0.25, -0.2) is 0 Å². The van der Waals surface area contributed by atoms with Gasteiger partial charge in [-0.15, -0.1) is 0 Å². The van der Waals surface area contributed by atoms with Gasteiger partial charge in [0.25, 0.3) is 0 Å². The SMILES string of the molecule is CCCC(=O)CCC(C)(C)C(C)=O. The molecule has 0 aromatic heterocycles. The molecule has 13 heavy (non-hydrogen) atoms. The van der Waals surface area contributed by atoms with E-state index < -0.39 is 0 Å². The minimum atomic E-state index is -0.330. The quantitative estimate of drug-likeness (QED) is 0.636. The Bertz CT molecular complexity index is 192. The van der Waals surface area contributed by atoms with Gasteiger partial charge < -0.3 is 0 Å². The molecule has 0 aliphatic carbocycles. The molecule has 0 heterocycles. The van der Waals surface area contributed by atoms with Gasteiger partial charge in [0.15, 0.2) is 0 Å². The Morgan fingerprint density at radius 1 is 1.15 bits per heavy atom. The number of carbonyl (C=O) groups excluding carboxylic acids is 2. The molecule has 0 N–H and O–H groups in total. The summed E-state index contributed by atoms with van der Waals surface area (Å²) in [5, 5.41) is 0. The van der Waals surface area contributed by atoms with Gasteiger partial charge in [-0.2, -0.15) is 0 Å². The Labute approximate surface area is 80.7 Å². The number of carbonyl (C=O) groups is 2. The van der Waals surface area contributed by atoms with Crippen molar-refractivity contribution in [2.45, 2.75) is 53.4 Å². The van der Waals surface area contributed by atoms with E-state index in [9.17, 15) is 9.59 Å². The zero-order valence-electron chi connectivity index (χ0n) is 9.14. The van der Waals surface area contributed by atoms with Crippen molar-refractivity contribution in [3.63, 3.8) is 0 Å². The summed E-state index contributed by atoms with van der Waals surface area (Å²) in [4.78, 5) is 22.3. The van der Waals surface area contributed by atoms with Gasteiger partial charge in [-0.3, -0.25) is 9.59 Å². The molecule has 0 amide bonds. The summed E-state index contributed by atoms with van der Waals surface area (Å²) >= 11 is 0. The topological polar surface area (TPSA) is 34.1 Å². The zero-order chi connectivity index (χ0) is 10.5. The first-order valence-electron chi connectivity index (χ1n) is 4.93. The molecule has 0 saturated heterocycles. The summed E-state index contributed by atoms with van der Waals surface area (Å²) in [6.07, 6.45) is 2.77. The molecule has 0 aromatic rings. The first-order valence-corrected chi connectivity index (χ1v) is 4.93. The number of ketones is 2. The molecular formula is C11H20O2. The van der Waals surface area contributed by atoms with Crippen LogP contribution in [0.5, 0.6) is 0 Å². The summed E-state index contributed by atoms with van der Waals surface area (Å²) in [5.74, 6) is 0.439. The Morgan fingerprint density at radius 3 is 2.08 bits per heavy atom. The Morgan fingerprint density at radius 2 is 1.69 bits per heavy atom. The molecule has 0 aliphatic rings. The van der Waals surface area contributed by atoms with E-state index in [-0.39, 0.29) is 17.0 Å². The van der Waals surface area contributed by atoms with Crippen LogP contribution in [-0.4, -0.2) is 11.6 Å². The van der Waals surface area contributed by atoms with Crippen molar-refractivity contribution in [2.75, 3.05) is 0 Å². The third-order valence-electron chi connectivity index (χ3n) is 2.51. The summed E-state index contributed by atoms with van der Waals surface area (Å²) < 4.78 is 0. The second kappa shape index (κ2) is 5.15. The molecule has 0 aliphatic heterocycles. The molecule has 2 heteroatoms. The van der Waals surface area contributed by atoms with Crippen molar-refractivity contribution >= 4 is 11.6 Å². The Hall–Kier alpha value is -0.660. The van der Waals surface area contributed by atoms with E-state index >= 15 is 0 Å². The number of rotatable bonds is 6. The van der Waals surface area contributed by atoms with Crippen molar-refractivity contribution in [1.82, 2.24) is 0 Å². The van der Waals surface area contributed by atoms with Crippen molar-refractivity contribution in [1.29, 1.82) is 0 Å². The predicted molar refractivity (Wildman–Crippen MR) is 53.6 cm³/mol. The van der Waals surface area contributed by atoms with Gasteiger partial charge in [0.1, 0.15) is 11.6 Å². The van der Waals surface area contributed by atoms with Crippen molar-refractivity contribution in [2.24, 2.45) is 5.41 Å². The van der Waals surface area contributed by atoms with E-state index in [1.807, 2.05) is 20.8 Å². The van der Waals surface area contributed by atoms with E-state index in [1.165, 1.54) is 0 Å². The van der Waals surface area contributed by atoms with E-state index in [2.05, 4.69) is 0 Å². The molecule has 0 fully saturated rings. The van der Waals surface area contributed by atoms with E-state index in [0.717, 1.165) is 6.42 Å². The van der Waals surface area contributed by atoms with Gasteiger partial charge in [0.2, 0.25) is 0 Å². The molecule has 2 nitrogen and oxygen atoms in total. The summed E-state index contributed by atoms with van der Waals surface area (Å²) in [5.41, 5.74) is -0.330. The lowest BCUT2D eigenvalue weighted by Gasteiger charge is -2.20. The van der Waals surface area contributed by atoms with E-state index in [4.69, 9.17) is 0 Å². The number of hydrogen-bond donors (Lipinski definition) is 0. The maximum Gasteiger partial charge on any atom is 0.135 e. The lowest BCUT2D eigenvalue weighted by Crippen LogP contribution is -2.22. The van der Waals surface area contributed by atoms with Crippen LogP contribution < -0.4 is 0 Å². The third kappa shape index (κ3) is 4.81. The summed E-state index contributed by atoms with van der Waals surface area (Å²) in [6.45, 7) is 7.38. The molecule has 0 saturated carbocycles. The zero-order valence-corrected chi connectivity index (χ0v) is 9.14. The van der Waals surface area contributed by atoms with Crippen molar-refractivity contribution < 1.29 is 9.59 Å². The lowest BCUT2D eigenvalue weighted by molar-refractivity contribution is -0.126. The Kier molecular flexibility index (Phi) is 4.89. The smallest absolute Gasteiger partial charge is 0.135 e. The van der Waals surface area contributed by atoms with Gasteiger partial charge >= 0.3 is 0 Å². The van der Waals surface area contributed by atoms with Crippen LogP contribution in [0.4, 0.5) is 0 Å². The first kappa shape index (κ1) is 12.3. The van der Waals surface area contributed by atoms with Crippen LogP contribution in [0.25, 0.3) is 0 Å². The molecule has 0 rings (SSSR count). The highest BCUT2D eigenvalue weighted by Gasteiger charge is 2.23. The highest BCUT2D eigenvalue weighted by Crippen LogP contribution is 2.23. The van der Waals surface area contributed by atoms with Gasteiger partial charge in [0, 0.05) is 18.3 Å². The standard InChI is InChI=1S/C11H20O2/c1-5-6-10(13)7-8-11(3,4)9(2)12/h5-8H2,1-4H3. The highest BCUT2D eigenvalue weighted by atomic mass is 16.1. The van der Waals surface area contributed by atoms with Gasteiger partial charge in [-0.1, -0.05) is 20.8 Å². The first-order chi connectivity index (χ1) is 5.90. The fraction of sp³-hybridized carbons (Fsp3) is 0.818. The highest BCUT2D eigenvalue weighted by molar-refractivity contribution is 5.83. The molecule has 0 atom stereocenters. The number of Topliss-reactive ketones (excluding diaryl/α,β-unsaturated/α-hetero) is 2. The van der Waals surface area contributed by atoms with Crippen LogP contribution in [0.2, 0.25) is 0 Å². The molecule has 0 aromatic carbocycles. The minimum absolute atomic E-state index is 0.164. The fourth-order valence-corrected chi connectivity index (χ4v) is 1.03. The van der Waals surface area contributed by atoms with Crippen LogP contribution in [0.3, 0.4) is 0 Å². The van der Waals surface area contributed by atoms with Crippen molar-refractivity contribution in [3.8, 4) is 0 Å². The second-order valence-electron chi connectivity index (χ2n) is 4.23. The monoisotopic (exact) mass is 184 g/mol. The third-order valence-corrected chi connectivity index (χ3v) is 2.51. The van der Waals surface area contributed by atoms with Crippen LogP contribution in [0, 0.1) is 5.41 Å². The minimum Gasteiger partial charge on any atom is -0.300 e. The average molecular weight is 184 g/mol. The normalized spacial score (nSPS) is 11.4. The van der Waals surface area contributed by atoms with Crippen LogP contribution in [0.15, 0.2) is 0 Å². The van der Waals surface area contributed by atoms with Crippen LogP contribution in [-0.2, 0) is 9.59 Å². The second-order valence-corrected chi connectivity index (χ2v) is 4.23. The maximum absolute atomic E-state index is 11.2. The lowest BCUT2D eigenvalue weighted by atomic mass is 9.83. The predicted octanol–water partition coefficient (Wildman–Crippen LogP) is 2.75. The largest absolute Gasteiger partial charge is 0.300 e. The van der Waals surface area contributed by atoms with E-state index in [1.54, 1.807) is 6.92 Å². The van der Waals surface area contributed by atoms with Gasteiger partial charge in [0.05, 0.1) is 0 Å². The summed E-state index contributed by atoms with van der Waals surface area (Å²) in [7, 11) is 0. The molecule has 0 unspecified atom stereocenters.